The summed E-state index contributed by atoms with van der Waals surface area (Å²) in [5.41, 5.74) is 4.43. The number of carbonyl (C=O) groups excluding carboxylic acids is 1. The number of halogens is 1. The minimum atomic E-state index is -0.476. The number of esters is 1. The smallest absolute Gasteiger partial charge is 0.311 e. The quantitative estimate of drug-likeness (QED) is 0.0657. The standard InChI is InChI=1S/C41H37FN2O3/c42-40-27-38(22-23-39(40)33-16-12-31(29-44)13-17-33)47-41(45)9-7-5-3-1-2-4-6-8-24-46-37-21-20-35-25-34(18-19-36(35)26-37)32-14-10-30(28-43)11-15-32/h10-23,25-27H,1-9,24H2. The first-order chi connectivity index (χ1) is 23.0. The molecule has 0 aliphatic heterocycles. The molecule has 0 heterocycles. The van der Waals surface area contributed by atoms with Gasteiger partial charge in [0.05, 0.1) is 29.9 Å². The van der Waals surface area contributed by atoms with Gasteiger partial charge in [0.2, 0.25) is 0 Å². The fraction of sp³-hybridized carbons (Fsp3) is 0.244. The molecule has 5 aromatic rings. The van der Waals surface area contributed by atoms with Crippen molar-refractivity contribution in [2.24, 2.45) is 0 Å². The maximum absolute atomic E-state index is 14.6. The van der Waals surface area contributed by atoms with Crippen molar-refractivity contribution in [3.05, 3.63) is 120 Å². The van der Waals surface area contributed by atoms with Crippen molar-refractivity contribution in [3.8, 4) is 45.9 Å². The Balaban J connectivity index is 0.912. The molecule has 0 radical (unpaired) electrons. The Morgan fingerprint density at radius 1 is 0.574 bits per heavy atom. The lowest BCUT2D eigenvalue weighted by Gasteiger charge is -2.09. The van der Waals surface area contributed by atoms with Crippen molar-refractivity contribution in [1.82, 2.24) is 0 Å². The Morgan fingerprint density at radius 2 is 1.13 bits per heavy atom. The lowest BCUT2D eigenvalue weighted by molar-refractivity contribution is -0.134. The second-order valence-electron chi connectivity index (χ2n) is 11.6. The van der Waals surface area contributed by atoms with Gasteiger partial charge in [-0.3, -0.25) is 4.79 Å². The first kappa shape index (κ1) is 32.9. The number of rotatable bonds is 15. The number of hydrogen-bond acceptors (Lipinski definition) is 5. The van der Waals surface area contributed by atoms with Crippen LogP contribution in [0.5, 0.6) is 11.5 Å². The number of ether oxygens (including phenoxy) is 2. The molecule has 47 heavy (non-hydrogen) atoms. The second kappa shape index (κ2) is 16.7. The van der Waals surface area contributed by atoms with Crippen LogP contribution in [-0.2, 0) is 4.79 Å². The van der Waals surface area contributed by atoms with E-state index in [0.717, 1.165) is 79.0 Å². The van der Waals surface area contributed by atoms with E-state index in [1.807, 2.05) is 36.4 Å². The molecule has 0 unspecified atom stereocenters. The lowest BCUT2D eigenvalue weighted by atomic mass is 10.0. The highest BCUT2D eigenvalue weighted by Crippen LogP contribution is 2.29. The number of hydrogen-bond donors (Lipinski definition) is 0. The second-order valence-corrected chi connectivity index (χ2v) is 11.6. The molecule has 236 valence electrons. The number of fused-ring (bicyclic) bond motifs is 1. The molecule has 0 atom stereocenters. The highest BCUT2D eigenvalue weighted by atomic mass is 19.1. The summed E-state index contributed by atoms with van der Waals surface area (Å²) in [6.07, 6.45) is 8.67. The predicted molar refractivity (Wildman–Crippen MR) is 183 cm³/mol. The van der Waals surface area contributed by atoms with E-state index in [1.54, 1.807) is 36.4 Å². The molecule has 0 saturated carbocycles. The average molecular weight is 625 g/mol. The van der Waals surface area contributed by atoms with Gasteiger partial charge in [-0.05, 0) is 94.9 Å². The number of nitriles is 2. The van der Waals surface area contributed by atoms with Gasteiger partial charge in [0.1, 0.15) is 17.3 Å². The van der Waals surface area contributed by atoms with Crippen molar-refractivity contribution in [1.29, 1.82) is 10.5 Å². The van der Waals surface area contributed by atoms with E-state index in [2.05, 4.69) is 36.4 Å². The molecule has 0 aromatic heterocycles. The molecule has 0 aliphatic rings. The minimum Gasteiger partial charge on any atom is -0.494 e. The molecule has 0 spiro atoms. The van der Waals surface area contributed by atoms with Crippen LogP contribution in [0.2, 0.25) is 0 Å². The Hall–Kier alpha value is -5.46. The predicted octanol–water partition coefficient (Wildman–Crippen LogP) is 10.6. The van der Waals surface area contributed by atoms with Gasteiger partial charge in [-0.1, -0.05) is 81.0 Å². The van der Waals surface area contributed by atoms with Gasteiger partial charge in [0.25, 0.3) is 0 Å². The van der Waals surface area contributed by atoms with E-state index < -0.39 is 5.82 Å². The van der Waals surface area contributed by atoms with Crippen LogP contribution >= 0.6 is 0 Å². The molecule has 0 amide bonds. The Labute approximate surface area is 275 Å². The van der Waals surface area contributed by atoms with E-state index in [-0.39, 0.29) is 11.7 Å². The van der Waals surface area contributed by atoms with Crippen LogP contribution in [0.4, 0.5) is 4.39 Å². The van der Waals surface area contributed by atoms with Crippen molar-refractivity contribution >= 4 is 16.7 Å². The van der Waals surface area contributed by atoms with Gasteiger partial charge in [0, 0.05) is 18.1 Å². The molecule has 5 nitrogen and oxygen atoms in total. The average Bonchev–Trinajstić information content (AvgIpc) is 3.10. The zero-order chi connectivity index (χ0) is 32.8. The summed E-state index contributed by atoms with van der Waals surface area (Å²) in [5, 5.41) is 20.2. The van der Waals surface area contributed by atoms with E-state index in [0.29, 0.717) is 35.3 Å². The first-order valence-electron chi connectivity index (χ1n) is 16.2. The largest absolute Gasteiger partial charge is 0.494 e. The third-order valence-electron chi connectivity index (χ3n) is 8.20. The van der Waals surface area contributed by atoms with E-state index in [4.69, 9.17) is 20.0 Å². The zero-order valence-corrected chi connectivity index (χ0v) is 26.4. The fourth-order valence-corrected chi connectivity index (χ4v) is 5.55. The van der Waals surface area contributed by atoms with Crippen molar-refractivity contribution < 1.29 is 18.7 Å². The molecular weight excluding hydrogens is 587 g/mol. The van der Waals surface area contributed by atoms with Crippen molar-refractivity contribution in [2.75, 3.05) is 6.61 Å². The Morgan fingerprint density at radius 3 is 1.79 bits per heavy atom. The third kappa shape index (κ3) is 9.52. The summed E-state index contributed by atoms with van der Waals surface area (Å²) < 4.78 is 26.0. The SMILES string of the molecule is N#Cc1ccc(-c2ccc3cc(OCCCCCCCCCCC(=O)Oc4ccc(-c5ccc(C#N)cc5)c(F)c4)ccc3c2)cc1. The summed E-state index contributed by atoms with van der Waals surface area (Å²) in [4.78, 5) is 12.2. The van der Waals surface area contributed by atoms with E-state index in [1.165, 1.54) is 6.07 Å². The van der Waals surface area contributed by atoms with E-state index >= 15 is 0 Å². The Kier molecular flexibility index (Phi) is 11.7. The van der Waals surface area contributed by atoms with Crippen LogP contribution in [0.3, 0.4) is 0 Å². The number of benzene rings is 5. The number of unbranched alkanes of at least 4 members (excludes halogenated alkanes) is 7. The summed E-state index contributed by atoms with van der Waals surface area (Å²) in [7, 11) is 0. The number of carbonyl (C=O) groups is 1. The third-order valence-corrected chi connectivity index (χ3v) is 8.20. The molecule has 0 saturated heterocycles. The summed E-state index contributed by atoms with van der Waals surface area (Å²) in [6, 6.07) is 35.5. The highest BCUT2D eigenvalue weighted by molar-refractivity contribution is 5.88. The molecule has 5 aromatic carbocycles. The van der Waals surface area contributed by atoms with Crippen LogP contribution < -0.4 is 9.47 Å². The molecule has 5 rings (SSSR count). The normalized spacial score (nSPS) is 10.7. The van der Waals surface area contributed by atoms with Gasteiger partial charge in [-0.2, -0.15) is 10.5 Å². The highest BCUT2D eigenvalue weighted by Gasteiger charge is 2.10. The van der Waals surface area contributed by atoms with Crippen molar-refractivity contribution in [3.63, 3.8) is 0 Å². The topological polar surface area (TPSA) is 83.1 Å². The molecule has 0 bridgehead atoms. The van der Waals surface area contributed by atoms with Gasteiger partial charge in [-0.15, -0.1) is 0 Å². The summed E-state index contributed by atoms with van der Waals surface area (Å²) in [6.45, 7) is 0.693. The Bertz CT molecular complexity index is 1890. The molecule has 0 N–H and O–H groups in total. The number of nitrogens with zero attached hydrogens (tertiary/aromatic N) is 2. The minimum absolute atomic E-state index is 0.198. The summed E-state index contributed by atoms with van der Waals surface area (Å²) in [5.74, 6) is 0.253. The first-order valence-corrected chi connectivity index (χ1v) is 16.2. The maximum Gasteiger partial charge on any atom is 0.311 e. The van der Waals surface area contributed by atoms with Crippen LogP contribution in [0.25, 0.3) is 33.0 Å². The van der Waals surface area contributed by atoms with Crippen LogP contribution in [0.15, 0.2) is 103 Å². The monoisotopic (exact) mass is 624 g/mol. The van der Waals surface area contributed by atoms with E-state index in [9.17, 15) is 9.18 Å². The van der Waals surface area contributed by atoms with Crippen molar-refractivity contribution in [2.45, 2.75) is 57.8 Å². The molecule has 0 aliphatic carbocycles. The lowest BCUT2D eigenvalue weighted by Crippen LogP contribution is -2.07. The molecule has 0 fully saturated rings. The van der Waals surface area contributed by atoms with Gasteiger partial charge < -0.3 is 9.47 Å². The molecule has 6 heteroatoms. The van der Waals surface area contributed by atoms with Crippen LogP contribution in [0.1, 0.15) is 68.9 Å². The van der Waals surface area contributed by atoms with Crippen LogP contribution in [0, 0.1) is 28.5 Å². The maximum atomic E-state index is 14.6. The fourth-order valence-electron chi connectivity index (χ4n) is 5.55. The van der Waals surface area contributed by atoms with Gasteiger partial charge in [0.15, 0.2) is 0 Å². The molecular formula is C41H37FN2O3. The van der Waals surface area contributed by atoms with Gasteiger partial charge in [-0.25, -0.2) is 4.39 Å². The van der Waals surface area contributed by atoms with Gasteiger partial charge >= 0.3 is 5.97 Å². The summed E-state index contributed by atoms with van der Waals surface area (Å²) >= 11 is 0. The van der Waals surface area contributed by atoms with Crippen LogP contribution in [-0.4, -0.2) is 12.6 Å². The zero-order valence-electron chi connectivity index (χ0n) is 26.4.